The summed E-state index contributed by atoms with van der Waals surface area (Å²) in [5, 5.41) is 0. The van der Waals surface area contributed by atoms with Crippen LogP contribution in [-0.2, 0) is 0 Å². The molecule has 0 aliphatic carbocycles. The van der Waals surface area contributed by atoms with Crippen LogP contribution in [0.25, 0.3) is 0 Å². The molecule has 0 atom stereocenters. The second-order valence-corrected chi connectivity index (χ2v) is 5.81. The molecule has 0 amide bonds. The van der Waals surface area contributed by atoms with Gasteiger partial charge in [-0.15, -0.1) is 11.8 Å². The Bertz CT molecular complexity index is 259. The van der Waals surface area contributed by atoms with E-state index in [1.165, 1.54) is 27.7 Å². The molecule has 0 saturated carbocycles. The molecule has 3 heteroatoms. The van der Waals surface area contributed by atoms with Crippen molar-refractivity contribution in [2.24, 2.45) is 5.73 Å². The van der Waals surface area contributed by atoms with Gasteiger partial charge in [0.1, 0.15) is 0 Å². The van der Waals surface area contributed by atoms with Crippen LogP contribution in [0.4, 0.5) is 0 Å². The number of benzene rings is 1. The number of nitrogens with two attached hydrogens (primary N) is 1. The van der Waals surface area contributed by atoms with Gasteiger partial charge in [-0.2, -0.15) is 11.8 Å². The average molecular weight is 241 g/mol. The fourth-order valence-electron chi connectivity index (χ4n) is 1.14. The van der Waals surface area contributed by atoms with E-state index in [9.17, 15) is 0 Å². The van der Waals surface area contributed by atoms with Crippen LogP contribution < -0.4 is 5.73 Å². The highest BCUT2D eigenvalue weighted by Gasteiger charge is 1.94. The predicted octanol–water partition coefficient (Wildman–Crippen LogP) is 3.17. The van der Waals surface area contributed by atoms with E-state index in [-0.39, 0.29) is 0 Å². The van der Waals surface area contributed by atoms with Crippen LogP contribution in [0.1, 0.15) is 12.0 Å². The third-order valence-corrected chi connectivity index (χ3v) is 4.35. The van der Waals surface area contributed by atoms with Gasteiger partial charge >= 0.3 is 0 Å². The maximum atomic E-state index is 5.43. The fraction of sp³-hybridized carbons (Fsp3) is 0.500. The van der Waals surface area contributed by atoms with Gasteiger partial charge < -0.3 is 5.73 Å². The van der Waals surface area contributed by atoms with Crippen molar-refractivity contribution in [2.75, 3.05) is 23.8 Å². The Morgan fingerprint density at radius 3 is 2.47 bits per heavy atom. The van der Waals surface area contributed by atoms with E-state index in [0.717, 1.165) is 13.0 Å². The Morgan fingerprint density at radius 1 is 1.07 bits per heavy atom. The molecule has 0 unspecified atom stereocenters. The molecule has 0 fully saturated rings. The normalized spacial score (nSPS) is 10.5. The molecule has 0 saturated heterocycles. The van der Waals surface area contributed by atoms with Gasteiger partial charge in [-0.1, -0.05) is 17.7 Å². The highest BCUT2D eigenvalue weighted by molar-refractivity contribution is 8.02. The maximum absolute atomic E-state index is 5.43. The van der Waals surface area contributed by atoms with Gasteiger partial charge in [0.05, 0.1) is 0 Å². The minimum absolute atomic E-state index is 0.818. The van der Waals surface area contributed by atoms with Gasteiger partial charge in [-0.05, 0) is 37.8 Å². The number of rotatable bonds is 7. The van der Waals surface area contributed by atoms with Crippen LogP contribution in [0.2, 0.25) is 0 Å². The molecule has 0 heterocycles. The Morgan fingerprint density at radius 2 is 1.80 bits per heavy atom. The van der Waals surface area contributed by atoms with Gasteiger partial charge in [0.25, 0.3) is 0 Å². The summed E-state index contributed by atoms with van der Waals surface area (Å²) in [5.41, 5.74) is 6.76. The molecule has 0 aromatic heterocycles. The Labute approximate surface area is 101 Å². The van der Waals surface area contributed by atoms with Crippen LogP contribution in [0.5, 0.6) is 0 Å². The van der Waals surface area contributed by atoms with Crippen LogP contribution in [0.3, 0.4) is 0 Å². The molecule has 1 rings (SSSR count). The molecule has 1 nitrogen and oxygen atoms in total. The molecule has 0 bridgehead atoms. The van der Waals surface area contributed by atoms with Crippen LogP contribution >= 0.6 is 23.5 Å². The van der Waals surface area contributed by atoms with Gasteiger partial charge in [-0.25, -0.2) is 0 Å². The van der Waals surface area contributed by atoms with Crippen molar-refractivity contribution in [3.63, 3.8) is 0 Å². The molecule has 2 N–H and O–H groups in total. The highest BCUT2D eigenvalue weighted by Crippen LogP contribution is 2.19. The smallest absolute Gasteiger partial charge is 0.00724 e. The SMILES string of the molecule is Cc1ccc(SCCSCCCN)cc1. The summed E-state index contributed by atoms with van der Waals surface area (Å²) < 4.78 is 0. The molecule has 0 spiro atoms. The number of hydrogen-bond acceptors (Lipinski definition) is 3. The van der Waals surface area contributed by atoms with Gasteiger partial charge in [-0.3, -0.25) is 0 Å². The van der Waals surface area contributed by atoms with E-state index < -0.39 is 0 Å². The van der Waals surface area contributed by atoms with E-state index in [4.69, 9.17) is 5.73 Å². The first-order valence-corrected chi connectivity index (χ1v) is 7.44. The lowest BCUT2D eigenvalue weighted by Gasteiger charge is -2.02. The van der Waals surface area contributed by atoms with Crippen molar-refractivity contribution in [1.29, 1.82) is 0 Å². The maximum Gasteiger partial charge on any atom is 0.00724 e. The quantitative estimate of drug-likeness (QED) is 0.586. The van der Waals surface area contributed by atoms with Gasteiger partial charge in [0.15, 0.2) is 0 Å². The number of hydrogen-bond donors (Lipinski definition) is 1. The van der Waals surface area contributed by atoms with E-state index in [0.29, 0.717) is 0 Å². The minimum atomic E-state index is 0.818. The monoisotopic (exact) mass is 241 g/mol. The number of aryl methyl sites for hydroxylation is 1. The van der Waals surface area contributed by atoms with Crippen molar-refractivity contribution in [3.05, 3.63) is 29.8 Å². The van der Waals surface area contributed by atoms with Crippen molar-refractivity contribution < 1.29 is 0 Å². The van der Waals surface area contributed by atoms with Crippen molar-refractivity contribution in [2.45, 2.75) is 18.2 Å². The molecule has 1 aromatic carbocycles. The first-order chi connectivity index (χ1) is 7.33. The standard InChI is InChI=1S/C12H19NS2/c1-11-3-5-12(6-4-11)15-10-9-14-8-2-7-13/h3-6H,2,7-10,13H2,1H3. The number of thioether (sulfide) groups is 2. The summed E-state index contributed by atoms with van der Waals surface area (Å²) >= 11 is 3.93. The lowest BCUT2D eigenvalue weighted by molar-refractivity contribution is 0.943. The topological polar surface area (TPSA) is 26.0 Å². The summed E-state index contributed by atoms with van der Waals surface area (Å²) in [7, 11) is 0. The third kappa shape index (κ3) is 6.13. The van der Waals surface area contributed by atoms with Crippen molar-refractivity contribution >= 4 is 23.5 Å². The van der Waals surface area contributed by atoms with E-state index in [1.54, 1.807) is 0 Å². The minimum Gasteiger partial charge on any atom is -0.330 e. The van der Waals surface area contributed by atoms with Crippen LogP contribution in [0.15, 0.2) is 29.2 Å². The van der Waals surface area contributed by atoms with Crippen molar-refractivity contribution in [3.8, 4) is 0 Å². The zero-order valence-corrected chi connectivity index (χ0v) is 10.9. The second-order valence-electron chi connectivity index (χ2n) is 3.42. The Hall–Kier alpha value is -0.120. The third-order valence-electron chi connectivity index (χ3n) is 2.01. The molecule has 0 aliphatic rings. The molecule has 0 aliphatic heterocycles. The van der Waals surface area contributed by atoms with Gasteiger partial charge in [0, 0.05) is 16.4 Å². The van der Waals surface area contributed by atoms with Crippen molar-refractivity contribution in [1.82, 2.24) is 0 Å². The van der Waals surface area contributed by atoms with Gasteiger partial charge in [0.2, 0.25) is 0 Å². The molecular formula is C12H19NS2. The Balaban J connectivity index is 2.07. The molecule has 0 radical (unpaired) electrons. The molecular weight excluding hydrogens is 222 g/mol. The largest absolute Gasteiger partial charge is 0.330 e. The molecule has 1 aromatic rings. The molecule has 84 valence electrons. The van der Waals surface area contributed by atoms with E-state index >= 15 is 0 Å². The van der Waals surface area contributed by atoms with Crippen LogP contribution in [-0.4, -0.2) is 23.8 Å². The summed E-state index contributed by atoms with van der Waals surface area (Å²) in [6, 6.07) is 8.74. The first-order valence-electron chi connectivity index (χ1n) is 5.30. The fourth-order valence-corrected chi connectivity index (χ4v) is 3.08. The highest BCUT2D eigenvalue weighted by atomic mass is 32.2. The first kappa shape index (κ1) is 12.9. The second kappa shape index (κ2) is 8.08. The summed E-state index contributed by atoms with van der Waals surface area (Å²) in [5.74, 6) is 3.61. The predicted molar refractivity (Wildman–Crippen MR) is 72.9 cm³/mol. The summed E-state index contributed by atoms with van der Waals surface area (Å²) in [6.07, 6.45) is 1.14. The lowest BCUT2D eigenvalue weighted by Crippen LogP contribution is -2.00. The molecule has 15 heavy (non-hydrogen) atoms. The zero-order chi connectivity index (χ0) is 10.9. The average Bonchev–Trinajstić information content (AvgIpc) is 2.26. The van der Waals surface area contributed by atoms with Crippen LogP contribution in [0, 0.1) is 6.92 Å². The van der Waals surface area contributed by atoms with E-state index in [1.807, 2.05) is 23.5 Å². The Kier molecular flexibility index (Phi) is 6.98. The summed E-state index contributed by atoms with van der Waals surface area (Å²) in [6.45, 7) is 2.94. The van der Waals surface area contributed by atoms with E-state index in [2.05, 4.69) is 31.2 Å². The zero-order valence-electron chi connectivity index (χ0n) is 9.24. The summed E-state index contributed by atoms with van der Waals surface area (Å²) in [4.78, 5) is 1.38. The lowest BCUT2D eigenvalue weighted by atomic mass is 10.2.